The van der Waals surface area contributed by atoms with E-state index in [1.165, 1.54) is 79.7 Å². The monoisotopic (exact) mass is 599 g/mol. The average Bonchev–Trinajstić information content (AvgIpc) is 3.63. The summed E-state index contributed by atoms with van der Waals surface area (Å²) < 4.78 is 4.04. The van der Waals surface area contributed by atoms with Gasteiger partial charge in [-0.2, -0.15) is 0 Å². The second-order valence-electron chi connectivity index (χ2n) is 11.8. The zero-order valence-corrected chi connectivity index (χ0v) is 26.0. The summed E-state index contributed by atoms with van der Waals surface area (Å²) in [5.41, 5.74) is 7.81. The van der Waals surface area contributed by atoms with Gasteiger partial charge in [-0.1, -0.05) is 110 Å². The summed E-state index contributed by atoms with van der Waals surface area (Å²) in [6, 6.07) is 49.0. The van der Waals surface area contributed by atoms with Gasteiger partial charge in [0.25, 0.3) is 0 Å². The van der Waals surface area contributed by atoms with E-state index < -0.39 is 0 Å². The first-order valence-electron chi connectivity index (χ1n) is 15.2. The molecule has 0 bridgehead atoms. The summed E-state index contributed by atoms with van der Waals surface area (Å²) in [5, 5.41) is 6.63. The number of benzene rings is 6. The SMILES string of the molecule is CC1Cc2c(sc3ccccc23)C=C1N(c1ccc(-c2cccc3ccccc23)cc1)c1cccc2c1sc1ccccc12. The highest BCUT2D eigenvalue weighted by Crippen LogP contribution is 2.47. The van der Waals surface area contributed by atoms with E-state index in [1.54, 1.807) is 0 Å². The van der Waals surface area contributed by atoms with Crippen molar-refractivity contribution in [2.45, 2.75) is 13.3 Å². The highest BCUT2D eigenvalue weighted by Gasteiger charge is 2.28. The molecule has 0 spiro atoms. The lowest BCUT2D eigenvalue weighted by Crippen LogP contribution is -2.24. The Hall–Kier alpha value is -4.70. The van der Waals surface area contributed by atoms with Crippen molar-refractivity contribution in [2.75, 3.05) is 4.90 Å². The van der Waals surface area contributed by atoms with Crippen LogP contribution in [0, 0.1) is 5.92 Å². The number of nitrogens with zero attached hydrogens (tertiary/aromatic N) is 1. The topological polar surface area (TPSA) is 3.24 Å². The molecule has 1 aliphatic carbocycles. The first kappa shape index (κ1) is 25.8. The lowest BCUT2D eigenvalue weighted by Gasteiger charge is -2.34. The molecule has 3 heteroatoms. The summed E-state index contributed by atoms with van der Waals surface area (Å²) in [5.74, 6) is 0.364. The quantitative estimate of drug-likeness (QED) is 0.194. The maximum absolute atomic E-state index is 2.54. The molecule has 0 radical (unpaired) electrons. The standard InChI is InChI=1S/C41H29NS2/c1-26-24-35-33-14-5-6-18-38(33)43-40(35)25-37(26)42(36-17-9-16-34-32-13-4-7-19-39(32)44-41(34)36)29-22-20-28(21-23-29)31-15-8-11-27-10-2-3-12-30(27)31/h2-23,25-26H,24H2,1H3. The fourth-order valence-corrected chi connectivity index (χ4v) is 9.41. The Balaban J connectivity index is 1.25. The number of fused-ring (bicyclic) bond motifs is 7. The van der Waals surface area contributed by atoms with Crippen LogP contribution in [0.25, 0.3) is 58.2 Å². The summed E-state index contributed by atoms with van der Waals surface area (Å²) in [4.78, 5) is 3.93. The summed E-state index contributed by atoms with van der Waals surface area (Å²) in [7, 11) is 0. The van der Waals surface area contributed by atoms with Crippen molar-refractivity contribution >= 4 is 81.2 Å². The number of allylic oxidation sites excluding steroid dienone is 1. The van der Waals surface area contributed by atoms with Crippen LogP contribution >= 0.6 is 22.7 Å². The van der Waals surface area contributed by atoms with Crippen molar-refractivity contribution in [1.82, 2.24) is 0 Å². The van der Waals surface area contributed by atoms with Gasteiger partial charge in [0, 0.05) is 42.4 Å². The lowest BCUT2D eigenvalue weighted by molar-refractivity contribution is 0.663. The molecule has 0 saturated carbocycles. The minimum atomic E-state index is 0.364. The normalized spacial score (nSPS) is 14.8. The number of anilines is 2. The van der Waals surface area contributed by atoms with Crippen LogP contribution in [0.15, 0.2) is 139 Å². The molecular formula is C41H29NS2. The number of hydrogen-bond donors (Lipinski definition) is 0. The molecule has 9 rings (SSSR count). The molecule has 6 aromatic carbocycles. The molecule has 2 heterocycles. The molecule has 1 nitrogen and oxygen atoms in total. The van der Waals surface area contributed by atoms with E-state index in [9.17, 15) is 0 Å². The van der Waals surface area contributed by atoms with Crippen molar-refractivity contribution in [2.24, 2.45) is 5.92 Å². The summed E-state index contributed by atoms with van der Waals surface area (Å²) >= 11 is 3.82. The van der Waals surface area contributed by atoms with Gasteiger partial charge in [-0.3, -0.25) is 0 Å². The lowest BCUT2D eigenvalue weighted by atomic mass is 9.89. The Labute approximate surface area is 264 Å². The molecule has 0 N–H and O–H groups in total. The fraction of sp³-hybridized carbons (Fsp3) is 0.0732. The van der Waals surface area contributed by atoms with Crippen molar-refractivity contribution < 1.29 is 0 Å². The fourth-order valence-electron chi connectivity index (χ4n) is 7.02. The predicted octanol–water partition coefficient (Wildman–Crippen LogP) is 12.5. The van der Waals surface area contributed by atoms with Crippen molar-refractivity contribution in [3.8, 4) is 11.1 Å². The third-order valence-electron chi connectivity index (χ3n) is 9.13. The molecule has 0 aliphatic heterocycles. The maximum atomic E-state index is 2.54. The Morgan fingerprint density at radius 2 is 1.25 bits per heavy atom. The van der Waals surface area contributed by atoms with Crippen LogP contribution in [0.2, 0.25) is 0 Å². The number of thiophene rings is 2. The molecule has 2 aromatic heterocycles. The summed E-state index contributed by atoms with van der Waals surface area (Å²) in [6.07, 6.45) is 3.51. The minimum absolute atomic E-state index is 0.364. The largest absolute Gasteiger partial charge is 0.312 e. The molecule has 1 atom stereocenters. The van der Waals surface area contributed by atoms with Gasteiger partial charge in [0.15, 0.2) is 0 Å². The van der Waals surface area contributed by atoms with Crippen LogP contribution in [0.1, 0.15) is 17.4 Å². The van der Waals surface area contributed by atoms with E-state index in [1.807, 2.05) is 22.7 Å². The molecule has 0 amide bonds. The second kappa shape index (κ2) is 10.2. The first-order valence-corrected chi connectivity index (χ1v) is 16.9. The summed E-state index contributed by atoms with van der Waals surface area (Å²) in [6.45, 7) is 2.39. The number of hydrogen-bond acceptors (Lipinski definition) is 3. The molecular weight excluding hydrogens is 571 g/mol. The van der Waals surface area contributed by atoms with E-state index in [-0.39, 0.29) is 0 Å². The average molecular weight is 600 g/mol. The minimum Gasteiger partial charge on any atom is -0.312 e. The Bertz CT molecular complexity index is 2380. The smallest absolute Gasteiger partial charge is 0.0637 e. The van der Waals surface area contributed by atoms with Gasteiger partial charge >= 0.3 is 0 Å². The van der Waals surface area contributed by atoms with Crippen molar-refractivity contribution in [3.05, 3.63) is 150 Å². The second-order valence-corrected chi connectivity index (χ2v) is 13.9. The van der Waals surface area contributed by atoms with Gasteiger partial charge in [-0.15, -0.1) is 22.7 Å². The third-order valence-corrected chi connectivity index (χ3v) is 11.5. The van der Waals surface area contributed by atoms with E-state index in [2.05, 4.69) is 151 Å². The van der Waals surface area contributed by atoms with Crippen LogP contribution in [0.5, 0.6) is 0 Å². The highest BCUT2D eigenvalue weighted by atomic mass is 32.1. The maximum Gasteiger partial charge on any atom is 0.0637 e. The van der Waals surface area contributed by atoms with Gasteiger partial charge < -0.3 is 4.90 Å². The molecule has 0 saturated heterocycles. The first-order chi connectivity index (χ1) is 21.7. The van der Waals surface area contributed by atoms with Gasteiger partial charge in [-0.05, 0) is 75.7 Å². The van der Waals surface area contributed by atoms with Crippen LogP contribution < -0.4 is 4.90 Å². The van der Waals surface area contributed by atoms with E-state index in [0.717, 1.165) is 6.42 Å². The van der Waals surface area contributed by atoms with Gasteiger partial charge in [-0.25, -0.2) is 0 Å². The van der Waals surface area contributed by atoms with Crippen LogP contribution in [-0.2, 0) is 6.42 Å². The van der Waals surface area contributed by atoms with Crippen molar-refractivity contribution in [3.63, 3.8) is 0 Å². The predicted molar refractivity (Wildman–Crippen MR) is 194 cm³/mol. The van der Waals surface area contributed by atoms with E-state index in [4.69, 9.17) is 0 Å². The Morgan fingerprint density at radius 1 is 0.591 bits per heavy atom. The molecule has 210 valence electrons. The Kier molecular flexibility index (Phi) is 5.97. The number of rotatable bonds is 4. The Morgan fingerprint density at radius 3 is 2.09 bits per heavy atom. The molecule has 44 heavy (non-hydrogen) atoms. The van der Waals surface area contributed by atoms with Gasteiger partial charge in [0.05, 0.1) is 10.4 Å². The van der Waals surface area contributed by atoms with Crippen LogP contribution in [-0.4, -0.2) is 0 Å². The third kappa shape index (κ3) is 4.04. The van der Waals surface area contributed by atoms with E-state index in [0.29, 0.717) is 5.92 Å². The van der Waals surface area contributed by atoms with Gasteiger partial charge in [0.2, 0.25) is 0 Å². The van der Waals surface area contributed by atoms with Crippen molar-refractivity contribution in [1.29, 1.82) is 0 Å². The zero-order chi connectivity index (χ0) is 29.2. The van der Waals surface area contributed by atoms with Crippen LogP contribution in [0.3, 0.4) is 0 Å². The molecule has 0 fully saturated rings. The zero-order valence-electron chi connectivity index (χ0n) is 24.3. The van der Waals surface area contributed by atoms with E-state index >= 15 is 0 Å². The van der Waals surface area contributed by atoms with Crippen LogP contribution in [0.4, 0.5) is 11.4 Å². The highest BCUT2D eigenvalue weighted by molar-refractivity contribution is 7.26. The van der Waals surface area contributed by atoms with Gasteiger partial charge in [0.1, 0.15) is 0 Å². The molecule has 1 aliphatic rings. The molecule has 8 aromatic rings. The molecule has 1 unspecified atom stereocenters.